The third kappa shape index (κ3) is 4.00. The number of rotatable bonds is 3. The van der Waals surface area contributed by atoms with E-state index in [1.165, 1.54) is 4.90 Å². The standard InChI is InChI=1S/C18H29N3O5/c1-11-13(23)14(24)20-15(19-11)18(8-6-12(10-22)7-9-18)21(5)16(25)26-17(2,3)4/h12,22-23H,6-10H2,1-5H3,(H,19,20,24). The first-order valence-corrected chi connectivity index (χ1v) is 8.88. The number of carbonyl (C=O) groups excluding carboxylic acids is 1. The minimum Gasteiger partial charge on any atom is -0.502 e. The molecule has 0 unspecified atom stereocenters. The highest BCUT2D eigenvalue weighted by Gasteiger charge is 2.46. The molecule has 1 aromatic rings. The topological polar surface area (TPSA) is 116 Å². The molecule has 0 aromatic carbocycles. The van der Waals surface area contributed by atoms with E-state index in [-0.39, 0.29) is 18.2 Å². The Morgan fingerprint density at radius 2 is 1.96 bits per heavy atom. The summed E-state index contributed by atoms with van der Waals surface area (Å²) in [5.41, 5.74) is -1.93. The van der Waals surface area contributed by atoms with Gasteiger partial charge in [0, 0.05) is 13.7 Å². The van der Waals surface area contributed by atoms with Crippen molar-refractivity contribution in [1.82, 2.24) is 14.9 Å². The van der Waals surface area contributed by atoms with Gasteiger partial charge in [-0.3, -0.25) is 9.69 Å². The van der Waals surface area contributed by atoms with Crippen molar-refractivity contribution in [3.8, 4) is 5.75 Å². The van der Waals surface area contributed by atoms with E-state index >= 15 is 0 Å². The summed E-state index contributed by atoms with van der Waals surface area (Å²) in [5, 5.41) is 19.2. The number of nitrogens with zero attached hydrogens (tertiary/aromatic N) is 2. The smallest absolute Gasteiger partial charge is 0.410 e. The third-order valence-electron chi connectivity index (χ3n) is 5.01. The number of aliphatic hydroxyl groups is 1. The van der Waals surface area contributed by atoms with E-state index in [0.717, 1.165) is 0 Å². The van der Waals surface area contributed by atoms with Gasteiger partial charge >= 0.3 is 6.09 Å². The van der Waals surface area contributed by atoms with Crippen molar-refractivity contribution in [2.75, 3.05) is 13.7 Å². The zero-order valence-electron chi connectivity index (χ0n) is 16.1. The molecular formula is C18H29N3O5. The maximum atomic E-state index is 12.7. The first kappa shape index (κ1) is 20.2. The normalized spacial score (nSPS) is 23.5. The van der Waals surface area contributed by atoms with Crippen molar-refractivity contribution in [2.45, 2.75) is 64.5 Å². The fourth-order valence-corrected chi connectivity index (χ4v) is 3.37. The van der Waals surface area contributed by atoms with Gasteiger partial charge in [0.2, 0.25) is 5.75 Å². The molecule has 1 aliphatic rings. The highest BCUT2D eigenvalue weighted by Crippen LogP contribution is 2.42. The molecule has 1 aromatic heterocycles. The minimum absolute atomic E-state index is 0.0881. The van der Waals surface area contributed by atoms with Crippen LogP contribution in [0, 0.1) is 12.8 Å². The number of hydrogen-bond donors (Lipinski definition) is 3. The van der Waals surface area contributed by atoms with Crippen LogP contribution < -0.4 is 5.56 Å². The first-order chi connectivity index (χ1) is 12.0. The van der Waals surface area contributed by atoms with Gasteiger partial charge in [-0.2, -0.15) is 0 Å². The SMILES string of the molecule is Cc1nc(C2(N(C)C(=O)OC(C)(C)C)CCC(CO)CC2)[nH]c(=O)c1O. The highest BCUT2D eigenvalue weighted by molar-refractivity contribution is 5.69. The Morgan fingerprint density at radius 3 is 2.42 bits per heavy atom. The van der Waals surface area contributed by atoms with Gasteiger partial charge in [-0.1, -0.05) is 0 Å². The molecular weight excluding hydrogens is 338 g/mol. The first-order valence-electron chi connectivity index (χ1n) is 8.88. The lowest BCUT2D eigenvalue weighted by molar-refractivity contribution is -0.0152. The lowest BCUT2D eigenvalue weighted by atomic mass is 9.75. The average molecular weight is 367 g/mol. The molecule has 0 radical (unpaired) electrons. The number of ether oxygens (including phenoxy) is 1. The van der Waals surface area contributed by atoms with Gasteiger partial charge in [-0.05, 0) is 59.3 Å². The maximum Gasteiger partial charge on any atom is 0.410 e. The number of hydrogen-bond acceptors (Lipinski definition) is 6. The van der Waals surface area contributed by atoms with Gasteiger partial charge in [0.25, 0.3) is 5.56 Å². The van der Waals surface area contributed by atoms with E-state index in [0.29, 0.717) is 31.5 Å². The Bertz CT molecular complexity index is 715. The molecule has 8 nitrogen and oxygen atoms in total. The second-order valence-electron chi connectivity index (χ2n) is 8.05. The van der Waals surface area contributed by atoms with Crippen LogP contribution in [-0.2, 0) is 10.3 Å². The third-order valence-corrected chi connectivity index (χ3v) is 5.01. The summed E-state index contributed by atoms with van der Waals surface area (Å²) in [7, 11) is 1.63. The number of aromatic amines is 1. The molecule has 0 saturated heterocycles. The van der Waals surface area contributed by atoms with Crippen LogP contribution in [0.5, 0.6) is 5.75 Å². The Balaban J connectivity index is 2.47. The van der Waals surface area contributed by atoms with E-state index in [9.17, 15) is 19.8 Å². The van der Waals surface area contributed by atoms with Gasteiger partial charge in [0.05, 0.1) is 5.69 Å². The predicted molar refractivity (Wildman–Crippen MR) is 96.0 cm³/mol. The second-order valence-corrected chi connectivity index (χ2v) is 8.05. The summed E-state index contributed by atoms with van der Waals surface area (Å²) in [4.78, 5) is 33.3. The second kappa shape index (κ2) is 7.26. The van der Waals surface area contributed by atoms with Crippen molar-refractivity contribution in [3.63, 3.8) is 0 Å². The van der Waals surface area contributed by atoms with E-state index in [4.69, 9.17) is 4.74 Å². The molecule has 0 atom stereocenters. The monoisotopic (exact) mass is 367 g/mol. The number of aromatic hydroxyl groups is 1. The number of nitrogens with one attached hydrogen (secondary N) is 1. The van der Waals surface area contributed by atoms with Crippen LogP contribution >= 0.6 is 0 Å². The van der Waals surface area contributed by atoms with Crippen LogP contribution in [0.4, 0.5) is 4.79 Å². The number of carbonyl (C=O) groups is 1. The van der Waals surface area contributed by atoms with Gasteiger partial charge in [-0.25, -0.2) is 9.78 Å². The van der Waals surface area contributed by atoms with E-state index < -0.39 is 28.5 Å². The largest absolute Gasteiger partial charge is 0.502 e. The number of H-pyrrole nitrogens is 1. The zero-order chi connectivity index (χ0) is 19.7. The van der Waals surface area contributed by atoms with Crippen molar-refractivity contribution in [1.29, 1.82) is 0 Å². The van der Waals surface area contributed by atoms with Crippen LogP contribution in [-0.4, -0.2) is 50.4 Å². The van der Waals surface area contributed by atoms with Crippen molar-refractivity contribution >= 4 is 6.09 Å². The molecule has 8 heteroatoms. The fraction of sp³-hybridized carbons (Fsp3) is 0.722. The molecule has 1 amide bonds. The summed E-state index contributed by atoms with van der Waals surface area (Å²) in [6.45, 7) is 7.01. The summed E-state index contributed by atoms with van der Waals surface area (Å²) in [6.07, 6.45) is 1.93. The summed E-state index contributed by atoms with van der Waals surface area (Å²) in [6, 6.07) is 0. The van der Waals surface area contributed by atoms with E-state index in [1.54, 1.807) is 34.7 Å². The maximum absolute atomic E-state index is 12.7. The Hall–Kier alpha value is -2.09. The molecule has 1 aliphatic carbocycles. The number of aromatic nitrogens is 2. The molecule has 1 heterocycles. The number of amides is 1. The van der Waals surface area contributed by atoms with E-state index in [2.05, 4.69) is 9.97 Å². The van der Waals surface area contributed by atoms with Gasteiger partial charge in [0.15, 0.2) is 0 Å². The minimum atomic E-state index is -0.856. The molecule has 0 spiro atoms. The van der Waals surface area contributed by atoms with Crippen molar-refractivity contribution in [3.05, 3.63) is 21.9 Å². The summed E-state index contributed by atoms with van der Waals surface area (Å²) >= 11 is 0. The lowest BCUT2D eigenvalue weighted by Crippen LogP contribution is -2.52. The average Bonchev–Trinajstić information content (AvgIpc) is 2.57. The van der Waals surface area contributed by atoms with Crippen molar-refractivity contribution in [2.24, 2.45) is 5.92 Å². The molecule has 2 rings (SSSR count). The lowest BCUT2D eigenvalue weighted by Gasteiger charge is -2.45. The van der Waals surface area contributed by atoms with Crippen LogP contribution in [0.25, 0.3) is 0 Å². The van der Waals surface area contributed by atoms with Crippen LogP contribution in [0.15, 0.2) is 4.79 Å². The molecule has 1 saturated carbocycles. The molecule has 3 N–H and O–H groups in total. The van der Waals surface area contributed by atoms with Crippen LogP contribution in [0.2, 0.25) is 0 Å². The van der Waals surface area contributed by atoms with E-state index in [1.807, 2.05) is 0 Å². The fourth-order valence-electron chi connectivity index (χ4n) is 3.37. The number of aliphatic hydroxyl groups excluding tert-OH is 1. The molecule has 0 aliphatic heterocycles. The highest BCUT2D eigenvalue weighted by atomic mass is 16.6. The summed E-state index contributed by atoms with van der Waals surface area (Å²) < 4.78 is 5.51. The molecule has 0 bridgehead atoms. The Labute approximate surface area is 153 Å². The van der Waals surface area contributed by atoms with Crippen molar-refractivity contribution < 1.29 is 19.7 Å². The molecule has 146 valence electrons. The quantitative estimate of drug-likeness (QED) is 0.753. The van der Waals surface area contributed by atoms with Crippen LogP contribution in [0.3, 0.4) is 0 Å². The summed E-state index contributed by atoms with van der Waals surface area (Å²) in [5.74, 6) is 0.0653. The predicted octanol–water partition coefficient (Wildman–Crippen LogP) is 2.03. The Kier molecular flexibility index (Phi) is 5.65. The van der Waals surface area contributed by atoms with Gasteiger partial charge in [0.1, 0.15) is 17.0 Å². The van der Waals surface area contributed by atoms with Crippen LogP contribution in [0.1, 0.15) is 58.0 Å². The Morgan fingerprint density at radius 1 is 1.38 bits per heavy atom. The number of aryl methyl sites for hydroxylation is 1. The molecule has 26 heavy (non-hydrogen) atoms. The molecule has 1 fully saturated rings. The zero-order valence-corrected chi connectivity index (χ0v) is 16.1. The van der Waals surface area contributed by atoms with Gasteiger partial charge in [-0.15, -0.1) is 0 Å². The van der Waals surface area contributed by atoms with Gasteiger partial charge < -0.3 is 19.9 Å².